The zero-order valence-corrected chi connectivity index (χ0v) is 19.8. The first kappa shape index (κ1) is 24.8. The Hall–Kier alpha value is -1.86. The fourth-order valence-electron chi connectivity index (χ4n) is 5.28. The van der Waals surface area contributed by atoms with Gasteiger partial charge in [-0.1, -0.05) is 61.1 Å². The summed E-state index contributed by atoms with van der Waals surface area (Å²) < 4.78 is 0. The summed E-state index contributed by atoms with van der Waals surface area (Å²) in [5, 5.41) is 24.5. The van der Waals surface area contributed by atoms with E-state index in [9.17, 15) is 10.2 Å². The van der Waals surface area contributed by atoms with Crippen LogP contribution in [0.3, 0.4) is 0 Å². The molecule has 3 nitrogen and oxygen atoms in total. The lowest BCUT2D eigenvalue weighted by atomic mass is 9.89. The molecular weight excluding hydrogens is 394 g/mol. The molecule has 32 heavy (non-hydrogen) atoms. The van der Waals surface area contributed by atoms with Crippen molar-refractivity contribution in [3.05, 3.63) is 59.7 Å². The molecule has 3 N–H and O–H groups in total. The predicted molar refractivity (Wildman–Crippen MR) is 133 cm³/mol. The molecule has 0 aliphatic heterocycles. The average molecular weight is 436 g/mol. The number of hydrogen-bond acceptors (Lipinski definition) is 3. The third-order valence-electron chi connectivity index (χ3n) is 7.24. The fraction of sp³-hybridized carbons (Fsp3) is 0.586. The van der Waals surface area contributed by atoms with Crippen LogP contribution in [0.25, 0.3) is 0 Å². The summed E-state index contributed by atoms with van der Waals surface area (Å²) in [5.41, 5.74) is 2.92. The van der Waals surface area contributed by atoms with Crippen molar-refractivity contribution in [2.24, 2.45) is 23.7 Å². The van der Waals surface area contributed by atoms with E-state index in [2.05, 4.69) is 59.6 Å². The zero-order chi connectivity index (χ0) is 22.8. The number of aliphatic hydroxyl groups is 2. The molecule has 0 aromatic heterocycles. The van der Waals surface area contributed by atoms with Crippen molar-refractivity contribution >= 4 is 0 Å². The Kier molecular flexibility index (Phi) is 10.1. The maximum absolute atomic E-state index is 10.6. The van der Waals surface area contributed by atoms with Gasteiger partial charge in [0.25, 0.3) is 0 Å². The first-order valence-corrected chi connectivity index (χ1v) is 12.4. The van der Waals surface area contributed by atoms with Crippen LogP contribution in [0.1, 0.15) is 64.4 Å². The highest BCUT2D eigenvalue weighted by Gasteiger charge is 2.44. The van der Waals surface area contributed by atoms with Crippen LogP contribution in [0.5, 0.6) is 0 Å². The molecule has 0 saturated heterocycles. The minimum Gasteiger partial charge on any atom is -0.392 e. The lowest BCUT2D eigenvalue weighted by molar-refractivity contribution is 0.137. The molecule has 1 aromatic carbocycles. The summed E-state index contributed by atoms with van der Waals surface area (Å²) in [6.45, 7) is 5.87. The highest BCUT2D eigenvalue weighted by molar-refractivity contribution is 5.18. The van der Waals surface area contributed by atoms with Gasteiger partial charge >= 0.3 is 0 Å². The number of fused-ring (bicyclic) bond motifs is 1. The Bertz CT molecular complexity index is 803. The Morgan fingerprint density at radius 1 is 1.19 bits per heavy atom. The van der Waals surface area contributed by atoms with Gasteiger partial charge in [0, 0.05) is 18.9 Å². The van der Waals surface area contributed by atoms with E-state index in [1.165, 1.54) is 18.4 Å². The SMILES string of the molecule is CC#CC[C@H](C)[C@H](O)/C=C/[C@@H]1[C@H]2C/C(=C/CCCCNCc3ccccc3)C[C@H]2C[C@H]1O. The molecule has 0 spiro atoms. The second kappa shape index (κ2) is 13.0. The van der Waals surface area contributed by atoms with Gasteiger partial charge in [0.2, 0.25) is 0 Å². The quantitative estimate of drug-likeness (QED) is 0.253. The van der Waals surface area contributed by atoms with Crippen LogP contribution in [0.15, 0.2) is 54.1 Å². The summed E-state index contributed by atoms with van der Waals surface area (Å²) in [7, 11) is 0. The Labute approximate surface area is 195 Å². The van der Waals surface area contributed by atoms with Crippen LogP contribution in [-0.2, 0) is 6.54 Å². The molecule has 1 aromatic rings. The summed E-state index contributed by atoms with van der Waals surface area (Å²) >= 11 is 0. The van der Waals surface area contributed by atoms with Crippen LogP contribution in [-0.4, -0.2) is 29.0 Å². The molecule has 174 valence electrons. The average Bonchev–Trinajstić information content (AvgIpc) is 3.32. The molecule has 3 heteroatoms. The summed E-state index contributed by atoms with van der Waals surface area (Å²) in [5.74, 6) is 7.36. The van der Waals surface area contributed by atoms with Gasteiger partial charge in [-0.3, -0.25) is 0 Å². The van der Waals surface area contributed by atoms with Crippen molar-refractivity contribution < 1.29 is 10.2 Å². The van der Waals surface area contributed by atoms with E-state index in [1.807, 2.05) is 19.9 Å². The van der Waals surface area contributed by atoms with Crippen molar-refractivity contribution in [1.29, 1.82) is 0 Å². The molecule has 0 unspecified atom stereocenters. The van der Waals surface area contributed by atoms with Gasteiger partial charge in [-0.25, -0.2) is 0 Å². The van der Waals surface area contributed by atoms with E-state index in [1.54, 1.807) is 5.57 Å². The second-order valence-electron chi connectivity index (χ2n) is 9.72. The van der Waals surface area contributed by atoms with Gasteiger partial charge in [0.1, 0.15) is 0 Å². The molecule has 2 saturated carbocycles. The molecule has 0 radical (unpaired) electrons. The lowest BCUT2D eigenvalue weighted by Gasteiger charge is -2.19. The van der Waals surface area contributed by atoms with Crippen molar-refractivity contribution in [2.45, 2.75) is 77.5 Å². The topological polar surface area (TPSA) is 52.5 Å². The lowest BCUT2D eigenvalue weighted by Crippen LogP contribution is -2.19. The Morgan fingerprint density at radius 2 is 2.00 bits per heavy atom. The number of hydrogen-bond donors (Lipinski definition) is 3. The minimum absolute atomic E-state index is 0.120. The third-order valence-corrected chi connectivity index (χ3v) is 7.24. The Balaban J connectivity index is 1.37. The molecule has 6 atom stereocenters. The molecular formula is C29H41NO2. The summed E-state index contributed by atoms with van der Waals surface area (Å²) in [6, 6.07) is 10.6. The van der Waals surface area contributed by atoms with E-state index >= 15 is 0 Å². The van der Waals surface area contributed by atoms with Gasteiger partial charge in [-0.05, 0) is 75.3 Å². The molecule has 2 aliphatic carbocycles. The third kappa shape index (κ3) is 7.34. The van der Waals surface area contributed by atoms with E-state index in [0.29, 0.717) is 18.3 Å². The van der Waals surface area contributed by atoms with Gasteiger partial charge in [0.05, 0.1) is 12.2 Å². The number of aliphatic hydroxyl groups excluding tert-OH is 2. The van der Waals surface area contributed by atoms with Gasteiger partial charge < -0.3 is 15.5 Å². The molecule has 2 aliphatic rings. The zero-order valence-electron chi connectivity index (χ0n) is 19.8. The van der Waals surface area contributed by atoms with Gasteiger partial charge in [0.15, 0.2) is 0 Å². The standard InChI is InChI=1S/C29H41NO2/c1-3-4-11-22(2)28(31)16-15-26-27-19-24(18-25(27)20-29(26)32)14-9-6-10-17-30-21-23-12-7-5-8-13-23/h5,7-8,12-16,22,25-32H,6,9-11,17-21H2,1-2H3/b16-15+,24-14+/t22-,25-,26+,27-,28+,29+/m0/s1. The summed E-state index contributed by atoms with van der Waals surface area (Å²) in [4.78, 5) is 0. The summed E-state index contributed by atoms with van der Waals surface area (Å²) in [6.07, 6.45) is 13.1. The molecule has 0 amide bonds. The minimum atomic E-state index is -0.492. The number of nitrogens with one attached hydrogen (secondary N) is 1. The molecule has 0 heterocycles. The van der Waals surface area contributed by atoms with Crippen LogP contribution in [0.4, 0.5) is 0 Å². The van der Waals surface area contributed by atoms with Crippen molar-refractivity contribution in [3.63, 3.8) is 0 Å². The van der Waals surface area contributed by atoms with Crippen LogP contribution < -0.4 is 5.32 Å². The second-order valence-corrected chi connectivity index (χ2v) is 9.72. The molecule has 2 fully saturated rings. The monoisotopic (exact) mass is 435 g/mol. The van der Waals surface area contributed by atoms with E-state index in [0.717, 1.165) is 38.8 Å². The fourth-order valence-corrected chi connectivity index (χ4v) is 5.28. The van der Waals surface area contributed by atoms with E-state index in [-0.39, 0.29) is 17.9 Å². The largest absolute Gasteiger partial charge is 0.392 e. The highest BCUT2D eigenvalue weighted by atomic mass is 16.3. The maximum Gasteiger partial charge on any atom is 0.0755 e. The van der Waals surface area contributed by atoms with Gasteiger partial charge in [-0.2, -0.15) is 0 Å². The molecule has 3 rings (SSSR count). The van der Waals surface area contributed by atoms with Crippen molar-refractivity contribution in [2.75, 3.05) is 6.54 Å². The van der Waals surface area contributed by atoms with E-state index in [4.69, 9.17) is 0 Å². The molecule has 0 bridgehead atoms. The Morgan fingerprint density at radius 3 is 2.78 bits per heavy atom. The predicted octanol–water partition coefficient (Wildman–Crippen LogP) is 5.25. The smallest absolute Gasteiger partial charge is 0.0755 e. The highest BCUT2D eigenvalue weighted by Crippen LogP contribution is 2.50. The van der Waals surface area contributed by atoms with Crippen LogP contribution >= 0.6 is 0 Å². The number of benzene rings is 1. The van der Waals surface area contributed by atoms with Crippen LogP contribution in [0, 0.1) is 35.5 Å². The van der Waals surface area contributed by atoms with Gasteiger partial charge in [-0.15, -0.1) is 11.8 Å². The van der Waals surface area contributed by atoms with Crippen molar-refractivity contribution in [1.82, 2.24) is 5.32 Å². The van der Waals surface area contributed by atoms with Crippen molar-refractivity contribution in [3.8, 4) is 11.8 Å². The maximum atomic E-state index is 10.6. The first-order chi connectivity index (χ1) is 15.6. The number of rotatable bonds is 11. The number of allylic oxidation sites excluding steroid dienone is 2. The first-order valence-electron chi connectivity index (χ1n) is 12.4. The number of unbranched alkanes of at least 4 members (excludes halogenated alkanes) is 2. The van der Waals surface area contributed by atoms with E-state index < -0.39 is 6.10 Å². The van der Waals surface area contributed by atoms with Crippen LogP contribution in [0.2, 0.25) is 0 Å². The normalized spacial score (nSPS) is 27.9.